The number of carbonyl (C=O) groups is 3. The van der Waals surface area contributed by atoms with Crippen molar-refractivity contribution in [1.82, 2.24) is 5.32 Å². The Hall–Kier alpha value is -3.73. The molecular formula is C24H22N2O3. The second-order valence-corrected chi connectivity index (χ2v) is 7.11. The Morgan fingerprint density at radius 2 is 1.69 bits per heavy atom. The Morgan fingerprint density at radius 3 is 2.28 bits per heavy atom. The van der Waals surface area contributed by atoms with Gasteiger partial charge in [-0.2, -0.15) is 0 Å². The number of hydrogen-bond donors (Lipinski definition) is 2. The average molecular weight is 386 g/mol. The fourth-order valence-corrected chi connectivity index (χ4v) is 3.43. The number of allylic oxidation sites excluding steroid dienone is 2. The zero-order valence-electron chi connectivity index (χ0n) is 16.6. The normalized spacial score (nSPS) is 15.2. The molecule has 1 aliphatic heterocycles. The third-order valence-electron chi connectivity index (χ3n) is 5.23. The van der Waals surface area contributed by atoms with Gasteiger partial charge in [-0.3, -0.25) is 14.4 Å². The minimum atomic E-state index is -0.288. The van der Waals surface area contributed by atoms with Gasteiger partial charge >= 0.3 is 0 Å². The molecule has 0 aromatic heterocycles. The number of carbonyl (C=O) groups excluding carboxylic acids is 3. The molecule has 2 aromatic carbocycles. The van der Waals surface area contributed by atoms with Gasteiger partial charge in [0.25, 0.3) is 5.91 Å². The smallest absolute Gasteiger partial charge is 0.256 e. The van der Waals surface area contributed by atoms with Crippen molar-refractivity contribution in [1.29, 1.82) is 0 Å². The Morgan fingerprint density at radius 1 is 1.00 bits per heavy atom. The highest BCUT2D eigenvalue weighted by Gasteiger charge is 2.31. The summed E-state index contributed by atoms with van der Waals surface area (Å²) in [7, 11) is 0. The van der Waals surface area contributed by atoms with E-state index in [0.717, 1.165) is 16.7 Å². The lowest BCUT2D eigenvalue weighted by molar-refractivity contribution is -0.115. The van der Waals surface area contributed by atoms with E-state index in [9.17, 15) is 14.4 Å². The summed E-state index contributed by atoms with van der Waals surface area (Å²) >= 11 is 0. The predicted molar refractivity (Wildman–Crippen MR) is 114 cm³/mol. The molecule has 1 aliphatic rings. The van der Waals surface area contributed by atoms with Crippen molar-refractivity contribution < 1.29 is 14.4 Å². The minimum absolute atomic E-state index is 0.266. The molecule has 0 saturated heterocycles. The number of nitrogens with two attached hydrogens (primary N) is 1. The number of aryl methyl sites for hydroxylation is 2. The topological polar surface area (TPSA) is 89.3 Å². The molecule has 0 bridgehead atoms. The monoisotopic (exact) mass is 386 g/mol. The first-order valence-corrected chi connectivity index (χ1v) is 9.12. The van der Waals surface area contributed by atoms with Crippen molar-refractivity contribution in [2.45, 2.75) is 20.8 Å². The number of rotatable bonds is 5. The minimum Gasteiger partial charge on any atom is -0.399 e. The summed E-state index contributed by atoms with van der Waals surface area (Å²) in [5.74, 6) is -0.288. The van der Waals surface area contributed by atoms with Gasteiger partial charge in [-0.15, -0.1) is 0 Å². The molecule has 0 fully saturated rings. The lowest BCUT2D eigenvalue weighted by Crippen LogP contribution is -2.16. The van der Waals surface area contributed by atoms with Gasteiger partial charge < -0.3 is 11.1 Å². The van der Waals surface area contributed by atoms with E-state index in [4.69, 9.17) is 5.73 Å². The van der Waals surface area contributed by atoms with Crippen LogP contribution in [0.3, 0.4) is 0 Å². The summed E-state index contributed by atoms with van der Waals surface area (Å²) in [4.78, 5) is 35.3. The molecule has 0 radical (unpaired) electrons. The zero-order valence-corrected chi connectivity index (χ0v) is 16.6. The number of aldehydes is 2. The molecule has 0 atom stereocenters. The van der Waals surface area contributed by atoms with Gasteiger partial charge in [0.2, 0.25) is 0 Å². The van der Waals surface area contributed by atoms with E-state index >= 15 is 0 Å². The third kappa shape index (κ3) is 3.55. The number of amides is 1. The number of benzene rings is 2. The maximum Gasteiger partial charge on any atom is 0.256 e. The van der Waals surface area contributed by atoms with Crippen LogP contribution >= 0.6 is 0 Å². The van der Waals surface area contributed by atoms with E-state index in [-0.39, 0.29) is 17.2 Å². The Bertz CT molecular complexity index is 1140. The first-order valence-electron chi connectivity index (χ1n) is 9.12. The third-order valence-corrected chi connectivity index (χ3v) is 5.23. The van der Waals surface area contributed by atoms with Gasteiger partial charge in [0, 0.05) is 22.4 Å². The maximum atomic E-state index is 12.9. The average Bonchev–Trinajstić information content (AvgIpc) is 3.06. The summed E-state index contributed by atoms with van der Waals surface area (Å²) in [6.07, 6.45) is 1.25. The zero-order chi connectivity index (χ0) is 21.3. The lowest BCUT2D eigenvalue weighted by atomic mass is 9.92. The van der Waals surface area contributed by atoms with E-state index < -0.39 is 0 Å². The van der Waals surface area contributed by atoms with E-state index in [0.29, 0.717) is 46.1 Å². The van der Waals surface area contributed by atoms with E-state index in [1.165, 1.54) is 0 Å². The lowest BCUT2D eigenvalue weighted by Gasteiger charge is -2.11. The van der Waals surface area contributed by atoms with Gasteiger partial charge in [-0.1, -0.05) is 30.8 Å². The second kappa shape index (κ2) is 7.72. The molecule has 146 valence electrons. The predicted octanol–water partition coefficient (Wildman–Crippen LogP) is 3.72. The summed E-state index contributed by atoms with van der Waals surface area (Å²) in [6, 6.07) is 10.8. The van der Waals surface area contributed by atoms with Crippen molar-refractivity contribution >= 4 is 29.7 Å². The van der Waals surface area contributed by atoms with E-state index in [2.05, 4.69) is 11.9 Å². The molecule has 0 unspecified atom stereocenters. The molecule has 0 spiro atoms. The van der Waals surface area contributed by atoms with Crippen LogP contribution in [0.15, 0.2) is 59.8 Å². The first-order chi connectivity index (χ1) is 13.8. The molecule has 0 aliphatic carbocycles. The number of hydrogen-bond acceptors (Lipinski definition) is 4. The first kappa shape index (κ1) is 20.0. The van der Waals surface area contributed by atoms with E-state index in [1.807, 2.05) is 32.0 Å². The summed E-state index contributed by atoms with van der Waals surface area (Å²) < 4.78 is 0. The van der Waals surface area contributed by atoms with Gasteiger partial charge in [-0.05, 0) is 60.7 Å². The largest absolute Gasteiger partial charge is 0.399 e. The van der Waals surface area contributed by atoms with Crippen LogP contribution < -0.4 is 11.1 Å². The molecular weight excluding hydrogens is 364 g/mol. The Kier molecular flexibility index (Phi) is 5.33. The molecule has 2 aromatic rings. The standard InChI is InChI=1S/C24H22N2O3/c1-13-5-6-18(9-14(13)2)23-22(16(4)25)21(24(29)26-23)15(3)17-7-8-19(11-27)20(10-17)12-28/h5-12H,4,25H2,1-3H3,(H,26,29)/b21-15-. The molecule has 5 heteroatoms. The van der Waals surface area contributed by atoms with Gasteiger partial charge in [0.15, 0.2) is 12.6 Å². The van der Waals surface area contributed by atoms with Crippen LogP contribution in [0.4, 0.5) is 0 Å². The summed E-state index contributed by atoms with van der Waals surface area (Å²) in [5, 5.41) is 2.92. The highest BCUT2D eigenvalue weighted by molar-refractivity contribution is 6.16. The fourth-order valence-electron chi connectivity index (χ4n) is 3.43. The highest BCUT2D eigenvalue weighted by atomic mass is 16.2. The van der Waals surface area contributed by atoms with Crippen LogP contribution in [0.5, 0.6) is 0 Å². The van der Waals surface area contributed by atoms with Crippen LogP contribution in [0.2, 0.25) is 0 Å². The van der Waals surface area contributed by atoms with Gasteiger partial charge in [-0.25, -0.2) is 0 Å². The van der Waals surface area contributed by atoms with Crippen molar-refractivity contribution in [3.63, 3.8) is 0 Å². The van der Waals surface area contributed by atoms with Crippen molar-refractivity contribution in [2.24, 2.45) is 5.73 Å². The summed E-state index contributed by atoms with van der Waals surface area (Å²) in [6.45, 7) is 9.67. The quantitative estimate of drug-likeness (QED) is 0.605. The summed E-state index contributed by atoms with van der Waals surface area (Å²) in [5.41, 5.74) is 12.9. The van der Waals surface area contributed by atoms with Crippen LogP contribution in [-0.4, -0.2) is 18.5 Å². The van der Waals surface area contributed by atoms with Crippen LogP contribution in [0.1, 0.15) is 49.9 Å². The fraction of sp³-hybridized carbons (Fsp3) is 0.125. The van der Waals surface area contributed by atoms with E-state index in [1.54, 1.807) is 25.1 Å². The van der Waals surface area contributed by atoms with Crippen molar-refractivity contribution in [2.75, 3.05) is 0 Å². The Labute approximate surface area is 169 Å². The molecule has 5 nitrogen and oxygen atoms in total. The molecule has 1 heterocycles. The second-order valence-electron chi connectivity index (χ2n) is 7.11. The van der Waals surface area contributed by atoms with Crippen LogP contribution in [0, 0.1) is 13.8 Å². The van der Waals surface area contributed by atoms with Gasteiger partial charge in [0.05, 0.1) is 11.3 Å². The highest BCUT2D eigenvalue weighted by Crippen LogP contribution is 2.36. The maximum absolute atomic E-state index is 12.9. The van der Waals surface area contributed by atoms with Crippen molar-refractivity contribution in [3.05, 3.63) is 93.2 Å². The van der Waals surface area contributed by atoms with Crippen LogP contribution in [0.25, 0.3) is 11.3 Å². The number of nitrogens with one attached hydrogen (secondary N) is 1. The molecule has 29 heavy (non-hydrogen) atoms. The molecule has 1 amide bonds. The molecule has 0 saturated carbocycles. The molecule has 3 N–H and O–H groups in total. The van der Waals surface area contributed by atoms with Crippen molar-refractivity contribution in [3.8, 4) is 0 Å². The Balaban J connectivity index is 2.24. The SMILES string of the molecule is C=C(N)C1=C(c2ccc(C)c(C)c2)NC(=O)/C1=C(/C)c1ccc(C=O)c(C=O)c1. The van der Waals surface area contributed by atoms with Gasteiger partial charge in [0.1, 0.15) is 0 Å². The van der Waals surface area contributed by atoms with Crippen LogP contribution in [-0.2, 0) is 4.79 Å². The molecule has 3 rings (SSSR count).